The van der Waals surface area contributed by atoms with Crippen LogP contribution < -0.4 is 5.73 Å². The fraction of sp³-hybridized carbons (Fsp3) is 0.667. The molecule has 2 rings (SSSR count). The third-order valence-corrected chi connectivity index (χ3v) is 5.39. The molecule has 0 radical (unpaired) electrons. The lowest BCUT2D eigenvalue weighted by molar-refractivity contribution is 0.252. The maximum absolute atomic E-state index is 12.4. The third kappa shape index (κ3) is 3.36. The van der Waals surface area contributed by atoms with Crippen molar-refractivity contribution in [1.82, 2.24) is 8.61 Å². The zero-order chi connectivity index (χ0) is 13.9. The molecule has 2 heterocycles. The minimum Gasteiger partial charge on any atom is -0.468 e. The van der Waals surface area contributed by atoms with E-state index in [1.54, 1.807) is 25.4 Å². The standard InChI is InChI=1S/C12H21N3O3S/c1-14(10-12-5-3-7-18-12)19(16,17)15-6-2-4-11(8-13)9-15/h3,5,7,11H,2,4,6,8-10,13H2,1H3. The van der Waals surface area contributed by atoms with Gasteiger partial charge in [0.15, 0.2) is 0 Å². The van der Waals surface area contributed by atoms with Crippen LogP contribution in [0, 0.1) is 5.92 Å². The first-order valence-corrected chi connectivity index (χ1v) is 7.87. The summed E-state index contributed by atoms with van der Waals surface area (Å²) in [5, 5.41) is 0. The monoisotopic (exact) mass is 287 g/mol. The molecular weight excluding hydrogens is 266 g/mol. The van der Waals surface area contributed by atoms with Gasteiger partial charge in [0, 0.05) is 20.1 Å². The van der Waals surface area contributed by atoms with E-state index in [-0.39, 0.29) is 12.5 Å². The highest BCUT2D eigenvalue weighted by atomic mass is 32.2. The second-order valence-electron chi connectivity index (χ2n) is 4.95. The third-order valence-electron chi connectivity index (χ3n) is 3.49. The molecule has 0 saturated carbocycles. The minimum atomic E-state index is -3.43. The molecule has 1 aliphatic rings. The summed E-state index contributed by atoms with van der Waals surface area (Å²) in [6, 6.07) is 3.52. The SMILES string of the molecule is CN(Cc1ccco1)S(=O)(=O)N1CCCC(CN)C1. The summed E-state index contributed by atoms with van der Waals surface area (Å²) in [4.78, 5) is 0. The van der Waals surface area contributed by atoms with Gasteiger partial charge >= 0.3 is 0 Å². The molecule has 0 amide bonds. The fourth-order valence-electron chi connectivity index (χ4n) is 2.33. The van der Waals surface area contributed by atoms with Gasteiger partial charge in [-0.25, -0.2) is 0 Å². The molecular formula is C12H21N3O3S. The van der Waals surface area contributed by atoms with E-state index >= 15 is 0 Å². The van der Waals surface area contributed by atoms with Crippen LogP contribution in [0.25, 0.3) is 0 Å². The Bertz CT molecular complexity index is 486. The fourth-order valence-corrected chi connectivity index (χ4v) is 3.77. The molecule has 1 atom stereocenters. The number of rotatable bonds is 5. The predicted octanol–water partition coefficient (Wildman–Crippen LogP) is 0.627. The summed E-state index contributed by atoms with van der Waals surface area (Å²) >= 11 is 0. The number of hydrogen-bond donors (Lipinski definition) is 1. The van der Waals surface area contributed by atoms with E-state index in [1.165, 1.54) is 8.61 Å². The molecule has 7 heteroatoms. The van der Waals surface area contributed by atoms with Crippen LogP contribution in [0.3, 0.4) is 0 Å². The van der Waals surface area contributed by atoms with Crippen molar-refractivity contribution >= 4 is 10.2 Å². The van der Waals surface area contributed by atoms with E-state index in [1.807, 2.05) is 0 Å². The maximum Gasteiger partial charge on any atom is 0.282 e. The summed E-state index contributed by atoms with van der Waals surface area (Å²) in [5.41, 5.74) is 5.64. The van der Waals surface area contributed by atoms with Crippen LogP contribution in [0.1, 0.15) is 18.6 Å². The smallest absolute Gasteiger partial charge is 0.282 e. The Kier molecular flexibility index (Phi) is 4.62. The van der Waals surface area contributed by atoms with E-state index in [0.29, 0.717) is 25.4 Å². The first-order chi connectivity index (χ1) is 9.04. The molecule has 0 aromatic carbocycles. The number of nitrogens with two attached hydrogens (primary N) is 1. The quantitative estimate of drug-likeness (QED) is 0.861. The predicted molar refractivity (Wildman–Crippen MR) is 72.4 cm³/mol. The number of furan rings is 1. The molecule has 1 fully saturated rings. The molecule has 1 aromatic rings. The molecule has 6 nitrogen and oxygen atoms in total. The lowest BCUT2D eigenvalue weighted by Crippen LogP contribution is -2.47. The van der Waals surface area contributed by atoms with Crippen molar-refractivity contribution in [2.24, 2.45) is 11.7 Å². The topological polar surface area (TPSA) is 79.8 Å². The van der Waals surface area contributed by atoms with Gasteiger partial charge in [-0.05, 0) is 37.4 Å². The van der Waals surface area contributed by atoms with Crippen LogP contribution in [0.5, 0.6) is 0 Å². The Labute approximate surface area is 114 Å². The Morgan fingerprint density at radius 2 is 2.37 bits per heavy atom. The van der Waals surface area contributed by atoms with E-state index in [0.717, 1.165) is 12.8 Å². The van der Waals surface area contributed by atoms with Crippen LogP contribution >= 0.6 is 0 Å². The molecule has 0 bridgehead atoms. The molecule has 0 spiro atoms. The molecule has 2 N–H and O–H groups in total. The largest absolute Gasteiger partial charge is 0.468 e. The van der Waals surface area contributed by atoms with Gasteiger partial charge in [-0.1, -0.05) is 0 Å². The zero-order valence-corrected chi connectivity index (χ0v) is 12.0. The second kappa shape index (κ2) is 6.04. The summed E-state index contributed by atoms with van der Waals surface area (Å²) in [7, 11) is -1.86. The maximum atomic E-state index is 12.4. The van der Waals surface area contributed by atoms with Crippen molar-refractivity contribution in [2.75, 3.05) is 26.7 Å². The van der Waals surface area contributed by atoms with E-state index < -0.39 is 10.2 Å². The number of piperidine rings is 1. The van der Waals surface area contributed by atoms with Gasteiger partial charge < -0.3 is 10.2 Å². The number of nitrogens with zero attached hydrogens (tertiary/aromatic N) is 2. The van der Waals surface area contributed by atoms with Crippen LogP contribution in [-0.2, 0) is 16.8 Å². The molecule has 19 heavy (non-hydrogen) atoms. The van der Waals surface area contributed by atoms with Crippen LogP contribution in [-0.4, -0.2) is 43.7 Å². The van der Waals surface area contributed by atoms with Crippen LogP contribution in [0.4, 0.5) is 0 Å². The van der Waals surface area contributed by atoms with Gasteiger partial charge in [0.05, 0.1) is 12.8 Å². The lowest BCUT2D eigenvalue weighted by atomic mass is 10.0. The number of hydrogen-bond acceptors (Lipinski definition) is 4. The van der Waals surface area contributed by atoms with Crippen molar-refractivity contribution in [3.05, 3.63) is 24.2 Å². The summed E-state index contributed by atoms with van der Waals surface area (Å²) < 4.78 is 32.9. The highest BCUT2D eigenvalue weighted by Crippen LogP contribution is 2.20. The normalized spacial score (nSPS) is 21.9. The van der Waals surface area contributed by atoms with Gasteiger partial charge in [-0.2, -0.15) is 17.0 Å². The average Bonchev–Trinajstić information content (AvgIpc) is 2.91. The highest BCUT2D eigenvalue weighted by Gasteiger charge is 2.31. The van der Waals surface area contributed by atoms with Crippen LogP contribution in [0.15, 0.2) is 22.8 Å². The van der Waals surface area contributed by atoms with Crippen molar-refractivity contribution in [2.45, 2.75) is 19.4 Å². The first-order valence-electron chi connectivity index (χ1n) is 6.48. The van der Waals surface area contributed by atoms with Crippen molar-refractivity contribution in [3.63, 3.8) is 0 Å². The average molecular weight is 287 g/mol. The lowest BCUT2D eigenvalue weighted by Gasteiger charge is -2.33. The Balaban J connectivity index is 2.04. The van der Waals surface area contributed by atoms with Crippen LogP contribution in [0.2, 0.25) is 0 Å². The molecule has 1 aliphatic heterocycles. The first kappa shape index (κ1) is 14.5. The Morgan fingerprint density at radius 1 is 1.58 bits per heavy atom. The van der Waals surface area contributed by atoms with E-state index in [4.69, 9.17) is 10.2 Å². The zero-order valence-electron chi connectivity index (χ0n) is 11.2. The molecule has 1 unspecified atom stereocenters. The molecule has 1 saturated heterocycles. The second-order valence-corrected chi connectivity index (χ2v) is 6.98. The molecule has 108 valence electrons. The molecule has 1 aromatic heterocycles. The van der Waals surface area contributed by atoms with Crippen molar-refractivity contribution < 1.29 is 12.8 Å². The van der Waals surface area contributed by atoms with Gasteiger partial charge in [-0.15, -0.1) is 0 Å². The van der Waals surface area contributed by atoms with Gasteiger partial charge in [0.2, 0.25) is 0 Å². The van der Waals surface area contributed by atoms with Crippen molar-refractivity contribution in [3.8, 4) is 0 Å². The van der Waals surface area contributed by atoms with Crippen molar-refractivity contribution in [1.29, 1.82) is 0 Å². The highest BCUT2D eigenvalue weighted by molar-refractivity contribution is 7.86. The Hall–Kier alpha value is -0.890. The van der Waals surface area contributed by atoms with Gasteiger partial charge in [0.1, 0.15) is 5.76 Å². The van der Waals surface area contributed by atoms with E-state index in [2.05, 4.69) is 0 Å². The summed E-state index contributed by atoms with van der Waals surface area (Å²) in [6.07, 6.45) is 3.42. The van der Waals surface area contributed by atoms with Gasteiger partial charge in [-0.3, -0.25) is 0 Å². The van der Waals surface area contributed by atoms with Gasteiger partial charge in [0.25, 0.3) is 10.2 Å². The summed E-state index contributed by atoms with van der Waals surface area (Å²) in [5.74, 6) is 0.902. The van der Waals surface area contributed by atoms with E-state index in [9.17, 15) is 8.42 Å². The Morgan fingerprint density at radius 3 is 3.00 bits per heavy atom. The molecule has 0 aliphatic carbocycles. The summed E-state index contributed by atoms with van der Waals surface area (Å²) in [6.45, 7) is 1.87. The minimum absolute atomic E-state index is 0.249.